The van der Waals surface area contributed by atoms with Crippen molar-refractivity contribution in [2.24, 2.45) is 0 Å². The third-order valence-electron chi connectivity index (χ3n) is 5.40. The molecule has 1 aliphatic rings. The molecule has 0 saturated carbocycles. The summed E-state index contributed by atoms with van der Waals surface area (Å²) in [4.78, 5) is 26.0. The molecule has 1 aliphatic carbocycles. The van der Waals surface area contributed by atoms with Crippen LogP contribution >= 0.6 is 23.2 Å². The Labute approximate surface area is 180 Å². The Morgan fingerprint density at radius 3 is 2.48 bits per heavy atom. The number of amides is 1. The van der Waals surface area contributed by atoms with E-state index in [1.165, 1.54) is 12.7 Å². The lowest BCUT2D eigenvalue weighted by Crippen LogP contribution is -2.31. The molecule has 1 amide bonds. The Morgan fingerprint density at radius 2 is 1.83 bits per heavy atom. The molecule has 0 aromatic heterocycles. The van der Waals surface area contributed by atoms with Crippen molar-refractivity contribution in [2.75, 3.05) is 27.7 Å². The first-order chi connectivity index (χ1) is 13.8. The molecule has 2 atom stereocenters. The number of ether oxygens (including phenoxy) is 1. The number of hydrogen-bond donors (Lipinski definition) is 1. The van der Waals surface area contributed by atoms with Gasteiger partial charge < -0.3 is 15.0 Å². The van der Waals surface area contributed by atoms with Gasteiger partial charge in [0.2, 0.25) is 0 Å². The van der Waals surface area contributed by atoms with Crippen molar-refractivity contribution in [1.29, 1.82) is 0 Å². The molecule has 0 fully saturated rings. The summed E-state index contributed by atoms with van der Waals surface area (Å²) in [6.07, 6.45) is 1.93. The molecule has 0 aliphatic heterocycles. The Bertz CT molecular complexity index is 930. The lowest BCUT2D eigenvalue weighted by atomic mass is 9.76. The van der Waals surface area contributed by atoms with Crippen LogP contribution in [0.4, 0.5) is 0 Å². The molecule has 2 aromatic rings. The number of esters is 1. The van der Waals surface area contributed by atoms with Gasteiger partial charge in [0.05, 0.1) is 17.2 Å². The molecule has 0 saturated heterocycles. The predicted octanol–water partition coefficient (Wildman–Crippen LogP) is 4.42. The van der Waals surface area contributed by atoms with Crippen molar-refractivity contribution >= 4 is 35.1 Å². The molecule has 0 heterocycles. The van der Waals surface area contributed by atoms with Gasteiger partial charge in [-0.15, -0.1) is 0 Å². The van der Waals surface area contributed by atoms with Crippen LogP contribution in [0.5, 0.6) is 0 Å². The molecule has 7 heteroatoms. The number of methoxy groups -OCH3 is 1. The van der Waals surface area contributed by atoms with Crippen LogP contribution in [-0.2, 0) is 9.53 Å². The molecule has 5 nitrogen and oxygen atoms in total. The third kappa shape index (κ3) is 4.74. The van der Waals surface area contributed by atoms with E-state index in [9.17, 15) is 9.59 Å². The number of fused-ring (bicyclic) bond motifs is 1. The smallest absolute Gasteiger partial charge is 0.325 e. The predicted molar refractivity (Wildman–Crippen MR) is 115 cm³/mol. The number of rotatable bonds is 5. The molecule has 1 N–H and O–H groups in total. The second kappa shape index (κ2) is 9.16. The van der Waals surface area contributed by atoms with Gasteiger partial charge in [0, 0.05) is 17.5 Å². The van der Waals surface area contributed by atoms with E-state index in [-0.39, 0.29) is 24.4 Å². The minimum atomic E-state index is -0.484. The van der Waals surface area contributed by atoms with E-state index in [2.05, 4.69) is 15.0 Å². The first-order valence-corrected chi connectivity index (χ1v) is 10.2. The summed E-state index contributed by atoms with van der Waals surface area (Å²) in [5, 5.41) is 3.68. The Kier molecular flexibility index (Phi) is 6.83. The van der Waals surface area contributed by atoms with Gasteiger partial charge in [-0.2, -0.15) is 0 Å². The minimum Gasteiger partial charge on any atom is -0.468 e. The van der Waals surface area contributed by atoms with Gasteiger partial charge in [-0.25, -0.2) is 0 Å². The van der Waals surface area contributed by atoms with Gasteiger partial charge >= 0.3 is 5.97 Å². The van der Waals surface area contributed by atoms with Crippen LogP contribution in [0, 0.1) is 0 Å². The van der Waals surface area contributed by atoms with E-state index in [0.29, 0.717) is 15.6 Å². The fourth-order valence-corrected chi connectivity index (χ4v) is 4.20. The zero-order valence-corrected chi connectivity index (χ0v) is 18.2. The van der Waals surface area contributed by atoms with Gasteiger partial charge in [-0.3, -0.25) is 9.59 Å². The lowest BCUT2D eigenvalue weighted by molar-refractivity contribution is -0.139. The zero-order valence-electron chi connectivity index (χ0n) is 16.7. The number of nitrogens with one attached hydrogen (secondary N) is 1. The molecule has 29 heavy (non-hydrogen) atoms. The van der Waals surface area contributed by atoms with Crippen LogP contribution < -0.4 is 5.32 Å². The summed E-state index contributed by atoms with van der Waals surface area (Å²) in [6.45, 7) is -0.157. The maximum Gasteiger partial charge on any atom is 0.325 e. The van der Waals surface area contributed by atoms with E-state index in [1.54, 1.807) is 6.07 Å². The van der Waals surface area contributed by atoms with E-state index in [0.717, 1.165) is 24.0 Å². The topological polar surface area (TPSA) is 58.6 Å². The Balaban J connectivity index is 1.96. The van der Waals surface area contributed by atoms with Crippen molar-refractivity contribution in [3.63, 3.8) is 0 Å². The van der Waals surface area contributed by atoms with E-state index >= 15 is 0 Å². The van der Waals surface area contributed by atoms with Crippen molar-refractivity contribution in [3.05, 3.63) is 68.7 Å². The molecule has 154 valence electrons. The summed E-state index contributed by atoms with van der Waals surface area (Å²) in [6, 6.07) is 11.7. The highest BCUT2D eigenvalue weighted by molar-refractivity contribution is 6.42. The fraction of sp³-hybridized carbons (Fsp3) is 0.364. The van der Waals surface area contributed by atoms with Crippen molar-refractivity contribution in [3.8, 4) is 0 Å². The van der Waals surface area contributed by atoms with Crippen LogP contribution in [0.2, 0.25) is 10.0 Å². The highest BCUT2D eigenvalue weighted by Crippen LogP contribution is 2.44. The second-order valence-corrected chi connectivity index (χ2v) is 8.20. The van der Waals surface area contributed by atoms with Crippen LogP contribution in [0.25, 0.3) is 0 Å². The molecule has 0 radical (unpaired) electrons. The van der Waals surface area contributed by atoms with Crippen LogP contribution in [0.1, 0.15) is 51.8 Å². The minimum absolute atomic E-state index is 0.157. The van der Waals surface area contributed by atoms with Gasteiger partial charge in [0.25, 0.3) is 5.91 Å². The van der Waals surface area contributed by atoms with Gasteiger partial charge in [0.1, 0.15) is 6.54 Å². The van der Waals surface area contributed by atoms with Gasteiger partial charge in [-0.05, 0) is 67.9 Å². The second-order valence-electron chi connectivity index (χ2n) is 7.39. The number of benzene rings is 2. The summed E-state index contributed by atoms with van der Waals surface area (Å²) >= 11 is 12.3. The molecule has 3 rings (SSSR count). The number of halogens is 2. The summed E-state index contributed by atoms with van der Waals surface area (Å²) < 4.78 is 4.58. The van der Waals surface area contributed by atoms with Crippen molar-refractivity contribution in [1.82, 2.24) is 10.2 Å². The summed E-state index contributed by atoms with van der Waals surface area (Å²) in [7, 11) is 5.37. The largest absolute Gasteiger partial charge is 0.468 e. The van der Waals surface area contributed by atoms with Crippen LogP contribution in [0.15, 0.2) is 36.4 Å². The monoisotopic (exact) mass is 434 g/mol. The maximum atomic E-state index is 12.5. The molecule has 2 aromatic carbocycles. The quantitative estimate of drug-likeness (QED) is 0.707. The molecular weight excluding hydrogens is 411 g/mol. The summed E-state index contributed by atoms with van der Waals surface area (Å²) in [5.41, 5.74) is 3.93. The number of carbonyl (C=O) groups excluding carboxylic acids is 2. The van der Waals surface area contributed by atoms with Crippen LogP contribution in [0.3, 0.4) is 0 Å². The third-order valence-corrected chi connectivity index (χ3v) is 6.14. The normalized spacial score (nSPS) is 18.3. The number of nitrogens with zero attached hydrogens (tertiary/aromatic N) is 1. The highest BCUT2D eigenvalue weighted by atomic mass is 35.5. The summed E-state index contributed by atoms with van der Waals surface area (Å²) in [5.74, 6) is -0.599. The first kappa shape index (κ1) is 21.6. The fourth-order valence-electron chi connectivity index (χ4n) is 3.90. The average molecular weight is 435 g/mol. The first-order valence-electron chi connectivity index (χ1n) is 9.42. The van der Waals surface area contributed by atoms with E-state index in [1.807, 2.05) is 44.4 Å². The SMILES string of the molecule is COC(=O)CNC(=O)c1ccc2c(c1)C(N(C)C)CCC2c1ccc(Cl)c(Cl)c1. The van der Waals surface area contributed by atoms with Gasteiger partial charge in [-0.1, -0.05) is 35.3 Å². The standard InChI is InChI=1S/C22H24Cl2N2O3/c1-26(2)20-9-7-15(13-5-8-18(23)19(24)11-13)16-6-4-14(10-17(16)20)22(28)25-12-21(27)29-3/h4-6,8,10-11,15,20H,7,9,12H2,1-3H3,(H,25,28). The van der Waals surface area contributed by atoms with Gasteiger partial charge in [0.15, 0.2) is 0 Å². The van der Waals surface area contributed by atoms with Crippen molar-refractivity contribution in [2.45, 2.75) is 24.8 Å². The molecule has 0 bridgehead atoms. The van der Waals surface area contributed by atoms with E-state index < -0.39 is 5.97 Å². The molecule has 0 spiro atoms. The lowest BCUT2D eigenvalue weighted by Gasteiger charge is -2.36. The van der Waals surface area contributed by atoms with Crippen LogP contribution in [-0.4, -0.2) is 44.5 Å². The Hall–Kier alpha value is -2.08. The maximum absolute atomic E-state index is 12.5. The highest BCUT2D eigenvalue weighted by Gasteiger charge is 2.30. The number of carbonyl (C=O) groups is 2. The molecule has 2 unspecified atom stereocenters. The van der Waals surface area contributed by atoms with E-state index in [4.69, 9.17) is 23.2 Å². The average Bonchev–Trinajstić information content (AvgIpc) is 2.72. The zero-order chi connectivity index (χ0) is 21.1. The molecular formula is C22H24Cl2N2O3. The number of hydrogen-bond acceptors (Lipinski definition) is 4. The van der Waals surface area contributed by atoms with Crippen molar-refractivity contribution < 1.29 is 14.3 Å². The Morgan fingerprint density at radius 1 is 1.07 bits per heavy atom.